The van der Waals surface area contributed by atoms with Crippen LogP contribution >= 0.6 is 0 Å². The van der Waals surface area contributed by atoms with E-state index in [1.165, 1.54) is 0 Å². The molecule has 0 aliphatic carbocycles. The SMILES string of the molecule is CCC(C)NC(=O)CCc1c(C)nc2ccccn12. The molecule has 102 valence electrons. The zero-order chi connectivity index (χ0) is 13.8. The molecule has 1 atom stereocenters. The van der Waals surface area contributed by atoms with Gasteiger partial charge in [-0.1, -0.05) is 13.0 Å². The molecule has 2 rings (SSSR count). The lowest BCUT2D eigenvalue weighted by Gasteiger charge is -2.11. The Labute approximate surface area is 113 Å². The highest BCUT2D eigenvalue weighted by Crippen LogP contribution is 2.13. The largest absolute Gasteiger partial charge is 0.354 e. The summed E-state index contributed by atoms with van der Waals surface area (Å²) >= 11 is 0. The molecule has 2 heterocycles. The van der Waals surface area contributed by atoms with Gasteiger partial charge in [0.2, 0.25) is 5.91 Å². The van der Waals surface area contributed by atoms with Crippen LogP contribution in [0.1, 0.15) is 38.1 Å². The molecule has 0 radical (unpaired) electrons. The minimum absolute atomic E-state index is 0.111. The zero-order valence-corrected chi connectivity index (χ0v) is 11.8. The zero-order valence-electron chi connectivity index (χ0n) is 11.8. The van der Waals surface area contributed by atoms with Gasteiger partial charge in [0.1, 0.15) is 5.65 Å². The molecule has 19 heavy (non-hydrogen) atoms. The molecule has 0 saturated carbocycles. The summed E-state index contributed by atoms with van der Waals surface area (Å²) < 4.78 is 2.06. The van der Waals surface area contributed by atoms with Gasteiger partial charge in [-0.3, -0.25) is 4.79 Å². The molecule has 0 bridgehead atoms. The van der Waals surface area contributed by atoms with Crippen LogP contribution in [0.3, 0.4) is 0 Å². The first-order valence-corrected chi connectivity index (χ1v) is 6.83. The van der Waals surface area contributed by atoms with Crippen LogP contribution in [0.15, 0.2) is 24.4 Å². The first-order valence-electron chi connectivity index (χ1n) is 6.83. The van der Waals surface area contributed by atoms with Gasteiger partial charge in [0, 0.05) is 24.4 Å². The monoisotopic (exact) mass is 259 g/mol. The number of nitrogens with zero attached hydrogens (tertiary/aromatic N) is 2. The van der Waals surface area contributed by atoms with Crippen molar-refractivity contribution in [2.24, 2.45) is 0 Å². The number of pyridine rings is 1. The number of amides is 1. The van der Waals surface area contributed by atoms with Crippen molar-refractivity contribution in [2.45, 2.75) is 46.1 Å². The molecule has 4 nitrogen and oxygen atoms in total. The van der Waals surface area contributed by atoms with Crippen molar-refractivity contribution in [1.29, 1.82) is 0 Å². The third-order valence-corrected chi connectivity index (χ3v) is 3.44. The molecule has 4 heteroatoms. The summed E-state index contributed by atoms with van der Waals surface area (Å²) in [5.41, 5.74) is 3.06. The fourth-order valence-electron chi connectivity index (χ4n) is 2.15. The summed E-state index contributed by atoms with van der Waals surface area (Å²) in [5.74, 6) is 0.111. The van der Waals surface area contributed by atoms with E-state index in [1.54, 1.807) is 0 Å². The van der Waals surface area contributed by atoms with Crippen LogP contribution < -0.4 is 5.32 Å². The number of hydrogen-bond acceptors (Lipinski definition) is 2. The quantitative estimate of drug-likeness (QED) is 0.896. The maximum absolute atomic E-state index is 11.8. The van der Waals surface area contributed by atoms with Crippen molar-refractivity contribution < 1.29 is 4.79 Å². The topological polar surface area (TPSA) is 46.4 Å². The second-order valence-electron chi connectivity index (χ2n) is 4.95. The molecule has 0 saturated heterocycles. The van der Waals surface area contributed by atoms with E-state index in [4.69, 9.17) is 0 Å². The van der Waals surface area contributed by atoms with Gasteiger partial charge in [-0.2, -0.15) is 0 Å². The number of hydrogen-bond donors (Lipinski definition) is 1. The summed E-state index contributed by atoms with van der Waals surface area (Å²) in [4.78, 5) is 16.3. The van der Waals surface area contributed by atoms with Crippen LogP contribution in [0, 0.1) is 6.92 Å². The lowest BCUT2D eigenvalue weighted by Crippen LogP contribution is -2.32. The average molecular weight is 259 g/mol. The molecular formula is C15H21N3O. The minimum Gasteiger partial charge on any atom is -0.354 e. The van der Waals surface area contributed by atoms with Crippen molar-refractivity contribution in [1.82, 2.24) is 14.7 Å². The Hall–Kier alpha value is -1.84. The van der Waals surface area contributed by atoms with Crippen LogP contribution in [0.25, 0.3) is 5.65 Å². The van der Waals surface area contributed by atoms with Crippen molar-refractivity contribution >= 4 is 11.6 Å². The normalized spacial score (nSPS) is 12.6. The minimum atomic E-state index is 0.111. The van der Waals surface area contributed by atoms with Gasteiger partial charge >= 0.3 is 0 Å². The number of nitrogens with one attached hydrogen (secondary N) is 1. The molecule has 0 aliphatic heterocycles. The highest BCUT2D eigenvalue weighted by atomic mass is 16.1. The third kappa shape index (κ3) is 3.13. The van der Waals surface area contributed by atoms with E-state index in [-0.39, 0.29) is 11.9 Å². The van der Waals surface area contributed by atoms with Crippen molar-refractivity contribution in [3.05, 3.63) is 35.8 Å². The molecule has 1 unspecified atom stereocenters. The molecule has 1 N–H and O–H groups in total. The Kier molecular flexibility index (Phi) is 4.20. The van der Waals surface area contributed by atoms with E-state index in [0.29, 0.717) is 6.42 Å². The predicted octanol–water partition coefficient (Wildman–Crippen LogP) is 2.49. The number of rotatable bonds is 5. The summed E-state index contributed by atoms with van der Waals surface area (Å²) in [6.45, 7) is 6.09. The molecule has 0 aromatic carbocycles. The number of fused-ring (bicyclic) bond motifs is 1. The van der Waals surface area contributed by atoms with Crippen molar-refractivity contribution in [3.63, 3.8) is 0 Å². The molecule has 0 aliphatic rings. The van der Waals surface area contributed by atoms with Crippen molar-refractivity contribution in [3.8, 4) is 0 Å². The highest BCUT2D eigenvalue weighted by Gasteiger charge is 2.11. The molecule has 0 spiro atoms. The number of carbonyl (C=O) groups excluding carboxylic acids is 1. The highest BCUT2D eigenvalue weighted by molar-refractivity contribution is 5.76. The van der Waals surface area contributed by atoms with E-state index in [9.17, 15) is 4.79 Å². The van der Waals surface area contributed by atoms with Gasteiger partial charge in [0.15, 0.2) is 0 Å². The molecule has 1 amide bonds. The van der Waals surface area contributed by atoms with E-state index in [1.807, 2.05) is 38.2 Å². The maximum Gasteiger partial charge on any atom is 0.220 e. The van der Waals surface area contributed by atoms with Gasteiger partial charge in [0.25, 0.3) is 0 Å². The van der Waals surface area contributed by atoms with Crippen LogP contribution in [-0.2, 0) is 11.2 Å². The van der Waals surface area contributed by atoms with Gasteiger partial charge in [-0.05, 0) is 38.8 Å². The van der Waals surface area contributed by atoms with Gasteiger partial charge in [-0.25, -0.2) is 4.98 Å². The Morgan fingerprint density at radius 2 is 2.26 bits per heavy atom. The second kappa shape index (κ2) is 5.87. The number of aryl methyl sites for hydroxylation is 2. The standard InChI is InChI=1S/C15H21N3O/c1-4-11(2)16-15(19)9-8-13-12(3)17-14-7-5-6-10-18(13)14/h5-7,10-11H,4,8-9H2,1-3H3,(H,16,19). The Bertz CT molecular complexity index is 574. The van der Waals surface area contributed by atoms with E-state index in [2.05, 4.69) is 21.6 Å². The fraction of sp³-hybridized carbons (Fsp3) is 0.467. The summed E-state index contributed by atoms with van der Waals surface area (Å²) in [5, 5.41) is 2.99. The molecule has 0 fully saturated rings. The first-order chi connectivity index (χ1) is 9.11. The summed E-state index contributed by atoms with van der Waals surface area (Å²) in [6.07, 6.45) is 4.19. The molecule has 2 aromatic heterocycles. The Morgan fingerprint density at radius 1 is 1.47 bits per heavy atom. The van der Waals surface area contributed by atoms with Gasteiger partial charge in [-0.15, -0.1) is 0 Å². The third-order valence-electron chi connectivity index (χ3n) is 3.44. The van der Waals surface area contributed by atoms with E-state index < -0.39 is 0 Å². The number of carbonyl (C=O) groups is 1. The smallest absolute Gasteiger partial charge is 0.220 e. The van der Waals surface area contributed by atoms with E-state index in [0.717, 1.165) is 29.9 Å². The number of imidazole rings is 1. The number of aromatic nitrogens is 2. The Balaban J connectivity index is 2.05. The lowest BCUT2D eigenvalue weighted by atomic mass is 10.2. The van der Waals surface area contributed by atoms with Gasteiger partial charge < -0.3 is 9.72 Å². The van der Waals surface area contributed by atoms with Gasteiger partial charge in [0.05, 0.1) is 5.69 Å². The van der Waals surface area contributed by atoms with E-state index >= 15 is 0 Å². The van der Waals surface area contributed by atoms with Crippen LogP contribution in [0.2, 0.25) is 0 Å². The molecular weight excluding hydrogens is 238 g/mol. The predicted molar refractivity (Wildman–Crippen MR) is 76.1 cm³/mol. The summed E-state index contributed by atoms with van der Waals surface area (Å²) in [6, 6.07) is 6.18. The second-order valence-corrected chi connectivity index (χ2v) is 4.95. The maximum atomic E-state index is 11.8. The van der Waals surface area contributed by atoms with Crippen LogP contribution in [0.5, 0.6) is 0 Å². The first kappa shape index (κ1) is 13.6. The Morgan fingerprint density at radius 3 is 3.00 bits per heavy atom. The molecule has 2 aromatic rings. The lowest BCUT2D eigenvalue weighted by molar-refractivity contribution is -0.121. The fourth-order valence-corrected chi connectivity index (χ4v) is 2.15. The van der Waals surface area contributed by atoms with Crippen LogP contribution in [-0.4, -0.2) is 21.3 Å². The van der Waals surface area contributed by atoms with Crippen LogP contribution in [0.4, 0.5) is 0 Å². The summed E-state index contributed by atoms with van der Waals surface area (Å²) in [7, 11) is 0. The average Bonchev–Trinajstić information content (AvgIpc) is 2.71. The van der Waals surface area contributed by atoms with Crippen molar-refractivity contribution in [2.75, 3.05) is 0 Å².